The lowest BCUT2D eigenvalue weighted by atomic mass is 9.95. The quantitative estimate of drug-likeness (QED) is 0.455. The van der Waals surface area contributed by atoms with Crippen molar-refractivity contribution >= 4 is 28.9 Å². The third-order valence-electron chi connectivity index (χ3n) is 7.12. The fourth-order valence-corrected chi connectivity index (χ4v) is 6.13. The molecule has 3 aromatic rings. The highest BCUT2D eigenvalue weighted by Gasteiger charge is 2.44. The number of benzene rings is 1. The zero-order valence-electron chi connectivity index (χ0n) is 18.8. The number of aryl methyl sites for hydroxylation is 1. The van der Waals surface area contributed by atoms with Crippen LogP contribution in [0.25, 0.3) is 5.69 Å². The van der Waals surface area contributed by atoms with Crippen LogP contribution in [0.2, 0.25) is 5.02 Å². The Labute approximate surface area is 200 Å². The summed E-state index contributed by atoms with van der Waals surface area (Å²) in [6.45, 7) is 6.48. The zero-order valence-corrected chi connectivity index (χ0v) is 20.4. The van der Waals surface area contributed by atoms with Gasteiger partial charge in [-0.15, -0.1) is 0 Å². The van der Waals surface area contributed by atoms with Crippen LogP contribution in [0, 0.1) is 20.8 Å². The van der Waals surface area contributed by atoms with E-state index >= 15 is 0 Å². The highest BCUT2D eigenvalue weighted by molar-refractivity contribution is 7.80. The Balaban J connectivity index is 1.66. The topological polar surface area (TPSA) is 33.1 Å². The average Bonchev–Trinajstić information content (AvgIpc) is 3.49. The third-order valence-corrected chi connectivity index (χ3v) is 7.86. The molecule has 0 bridgehead atoms. The van der Waals surface area contributed by atoms with Crippen LogP contribution in [0.5, 0.6) is 0 Å². The maximum absolute atomic E-state index is 6.48. The van der Waals surface area contributed by atoms with Crippen molar-refractivity contribution in [2.75, 3.05) is 0 Å². The van der Waals surface area contributed by atoms with Crippen LogP contribution >= 0.6 is 23.8 Å². The average molecular weight is 465 g/mol. The second-order valence-corrected chi connectivity index (χ2v) is 9.81. The number of pyridine rings is 1. The molecule has 6 heteroatoms. The maximum atomic E-state index is 6.48. The third kappa shape index (κ3) is 3.52. The molecule has 1 aliphatic heterocycles. The molecule has 3 heterocycles. The van der Waals surface area contributed by atoms with Crippen LogP contribution in [0.4, 0.5) is 0 Å². The molecule has 1 saturated heterocycles. The van der Waals surface area contributed by atoms with E-state index in [2.05, 4.69) is 59.8 Å². The second kappa shape index (κ2) is 8.53. The minimum atomic E-state index is 0.0266. The molecule has 1 saturated carbocycles. The van der Waals surface area contributed by atoms with Crippen molar-refractivity contribution in [1.29, 1.82) is 0 Å². The van der Waals surface area contributed by atoms with E-state index in [-0.39, 0.29) is 12.1 Å². The Bertz CT molecular complexity index is 1150. The fraction of sp³-hybridized carbons (Fsp3) is 0.385. The van der Waals surface area contributed by atoms with Gasteiger partial charge >= 0.3 is 0 Å². The number of hydrogen-bond acceptors (Lipinski definition) is 2. The van der Waals surface area contributed by atoms with Crippen molar-refractivity contribution in [1.82, 2.24) is 19.8 Å². The van der Waals surface area contributed by atoms with Crippen molar-refractivity contribution in [3.8, 4) is 5.69 Å². The van der Waals surface area contributed by atoms with Gasteiger partial charge in [-0.05, 0) is 87.3 Å². The SMILES string of the molecule is Cc1c(Cl)cccc1-n1c(C)cc([C@@H]2[C@@H](c3ccccn3)NC(=S)N2C2CCCC2)c1C. The standard InChI is InChI=1S/C26H29ClN4S/c1-16-15-20(18(3)30(16)23-13-8-11-21(27)17(23)2)25-24(22-12-6-7-14-28-22)29-26(32)31(25)19-9-4-5-10-19/h6-8,11-15,19,24-25H,4-5,9-10H2,1-3H3,(H,29,32)/t24-,25-/m1/s1. The summed E-state index contributed by atoms with van der Waals surface area (Å²) in [5.74, 6) is 0. The first-order valence-electron chi connectivity index (χ1n) is 11.4. The van der Waals surface area contributed by atoms with E-state index in [1.165, 1.54) is 42.6 Å². The molecule has 0 radical (unpaired) electrons. The summed E-state index contributed by atoms with van der Waals surface area (Å²) in [7, 11) is 0. The largest absolute Gasteiger partial charge is 0.352 e. The van der Waals surface area contributed by atoms with Gasteiger partial charge in [0.1, 0.15) is 0 Å². The van der Waals surface area contributed by atoms with Crippen molar-refractivity contribution in [2.24, 2.45) is 0 Å². The lowest BCUT2D eigenvalue weighted by molar-refractivity contribution is 0.245. The van der Waals surface area contributed by atoms with Gasteiger partial charge in [0.2, 0.25) is 0 Å². The smallest absolute Gasteiger partial charge is 0.170 e. The van der Waals surface area contributed by atoms with Gasteiger partial charge in [0, 0.05) is 34.3 Å². The highest BCUT2D eigenvalue weighted by atomic mass is 35.5. The number of halogens is 1. The molecule has 166 valence electrons. The lowest BCUT2D eigenvalue weighted by Gasteiger charge is -2.33. The molecule has 2 fully saturated rings. The fourth-order valence-electron chi connectivity index (χ4n) is 5.57. The van der Waals surface area contributed by atoms with E-state index in [4.69, 9.17) is 28.8 Å². The van der Waals surface area contributed by atoms with E-state index in [1.54, 1.807) is 0 Å². The molecular formula is C26H29ClN4S. The lowest BCUT2D eigenvalue weighted by Crippen LogP contribution is -2.37. The second-order valence-electron chi connectivity index (χ2n) is 9.02. The predicted molar refractivity (Wildman–Crippen MR) is 135 cm³/mol. The van der Waals surface area contributed by atoms with Gasteiger partial charge in [-0.3, -0.25) is 4.98 Å². The molecule has 2 aliphatic rings. The summed E-state index contributed by atoms with van der Waals surface area (Å²) in [4.78, 5) is 7.17. The van der Waals surface area contributed by atoms with Crippen LogP contribution in [-0.2, 0) is 0 Å². The summed E-state index contributed by atoms with van der Waals surface area (Å²) < 4.78 is 2.33. The summed E-state index contributed by atoms with van der Waals surface area (Å²) in [5.41, 5.74) is 6.99. The van der Waals surface area contributed by atoms with Gasteiger partial charge in [0.25, 0.3) is 0 Å². The number of nitrogens with zero attached hydrogens (tertiary/aromatic N) is 3. The van der Waals surface area contributed by atoms with Crippen LogP contribution < -0.4 is 5.32 Å². The highest BCUT2D eigenvalue weighted by Crippen LogP contribution is 2.45. The van der Waals surface area contributed by atoms with Gasteiger partial charge in [0.15, 0.2) is 5.11 Å². The van der Waals surface area contributed by atoms with Crippen molar-refractivity contribution in [2.45, 2.75) is 64.6 Å². The first kappa shape index (κ1) is 21.5. The van der Waals surface area contributed by atoms with E-state index in [1.807, 2.05) is 24.4 Å². The maximum Gasteiger partial charge on any atom is 0.170 e. The van der Waals surface area contributed by atoms with Gasteiger partial charge in [-0.2, -0.15) is 0 Å². The first-order valence-corrected chi connectivity index (χ1v) is 12.2. The van der Waals surface area contributed by atoms with Gasteiger partial charge in [0.05, 0.1) is 17.8 Å². The first-order chi connectivity index (χ1) is 15.5. The predicted octanol–water partition coefficient (Wildman–Crippen LogP) is 6.37. The molecule has 32 heavy (non-hydrogen) atoms. The zero-order chi connectivity index (χ0) is 22.4. The van der Waals surface area contributed by atoms with Crippen molar-refractivity contribution in [3.05, 3.63) is 81.9 Å². The van der Waals surface area contributed by atoms with Crippen LogP contribution in [-0.4, -0.2) is 25.6 Å². The van der Waals surface area contributed by atoms with E-state index < -0.39 is 0 Å². The molecule has 0 amide bonds. The summed E-state index contributed by atoms with van der Waals surface area (Å²) in [6.07, 6.45) is 6.80. The molecule has 0 spiro atoms. The molecule has 1 aliphatic carbocycles. The number of thiocarbonyl (C=S) groups is 1. The Kier molecular flexibility index (Phi) is 5.72. The van der Waals surface area contributed by atoms with Crippen molar-refractivity contribution < 1.29 is 0 Å². The molecule has 5 rings (SSSR count). The summed E-state index contributed by atoms with van der Waals surface area (Å²) in [5, 5.41) is 5.27. The number of hydrogen-bond donors (Lipinski definition) is 1. The molecule has 2 atom stereocenters. The number of nitrogens with one attached hydrogen (secondary N) is 1. The van der Waals surface area contributed by atoms with Crippen LogP contribution in [0.15, 0.2) is 48.7 Å². The number of aromatic nitrogens is 2. The van der Waals surface area contributed by atoms with E-state index in [0.717, 1.165) is 27.1 Å². The normalized spacial score (nSPS) is 21.4. The van der Waals surface area contributed by atoms with E-state index in [9.17, 15) is 0 Å². The van der Waals surface area contributed by atoms with Crippen LogP contribution in [0.3, 0.4) is 0 Å². The Morgan fingerprint density at radius 3 is 2.56 bits per heavy atom. The monoisotopic (exact) mass is 464 g/mol. The van der Waals surface area contributed by atoms with Gasteiger partial charge in [-0.25, -0.2) is 0 Å². The molecule has 1 N–H and O–H groups in total. The van der Waals surface area contributed by atoms with Crippen molar-refractivity contribution in [3.63, 3.8) is 0 Å². The van der Waals surface area contributed by atoms with Crippen LogP contribution in [0.1, 0.15) is 66.0 Å². The van der Waals surface area contributed by atoms with E-state index in [0.29, 0.717) is 6.04 Å². The Hall–Kier alpha value is -2.37. The van der Waals surface area contributed by atoms with Gasteiger partial charge < -0.3 is 14.8 Å². The molecule has 0 unspecified atom stereocenters. The molecular weight excluding hydrogens is 436 g/mol. The minimum Gasteiger partial charge on any atom is -0.352 e. The van der Waals surface area contributed by atoms with Gasteiger partial charge in [-0.1, -0.05) is 36.6 Å². The summed E-state index contributed by atoms with van der Waals surface area (Å²) in [6, 6.07) is 15.2. The minimum absolute atomic E-state index is 0.0266. The molecule has 2 aromatic heterocycles. The summed E-state index contributed by atoms with van der Waals surface area (Å²) >= 11 is 12.4. The Morgan fingerprint density at radius 1 is 1.06 bits per heavy atom. The Morgan fingerprint density at radius 2 is 1.84 bits per heavy atom. The molecule has 4 nitrogen and oxygen atoms in total. The molecule has 1 aromatic carbocycles. The number of rotatable bonds is 4.